The van der Waals surface area contributed by atoms with Crippen LogP contribution in [0.4, 0.5) is 10.3 Å². The van der Waals surface area contributed by atoms with Gasteiger partial charge in [0.2, 0.25) is 26.2 Å². The van der Waals surface area contributed by atoms with Crippen LogP contribution in [0.3, 0.4) is 0 Å². The number of piperidine rings is 1. The number of nitrogens with zero attached hydrogens (tertiary/aromatic N) is 2. The van der Waals surface area contributed by atoms with Crippen molar-refractivity contribution < 1.29 is 13.2 Å². The first kappa shape index (κ1) is 19.1. The molecule has 1 saturated heterocycles. The first-order chi connectivity index (χ1) is 9.92. The molecule has 8 nitrogen and oxygen atoms in total. The summed E-state index contributed by atoms with van der Waals surface area (Å²) >= 11 is 0.995. The lowest BCUT2D eigenvalue weighted by atomic mass is 9.93. The second kappa shape index (κ2) is 8.61. The van der Waals surface area contributed by atoms with E-state index >= 15 is 0 Å². The van der Waals surface area contributed by atoms with Gasteiger partial charge in [-0.05, 0) is 38.3 Å². The van der Waals surface area contributed by atoms with E-state index in [9.17, 15) is 13.2 Å². The summed E-state index contributed by atoms with van der Waals surface area (Å²) < 4.78 is 24.3. The van der Waals surface area contributed by atoms with Crippen molar-refractivity contribution in [2.75, 3.05) is 29.4 Å². The molecule has 0 radical (unpaired) electrons. The molecule has 2 heterocycles. The predicted molar refractivity (Wildman–Crippen MR) is 89.1 cm³/mol. The van der Waals surface area contributed by atoms with Gasteiger partial charge in [-0.2, -0.15) is 0 Å². The molecule has 0 spiro atoms. The largest absolute Gasteiger partial charge is 0.317 e. The zero-order chi connectivity index (χ0) is 15.3. The van der Waals surface area contributed by atoms with Gasteiger partial charge in [-0.1, -0.05) is 11.3 Å². The van der Waals surface area contributed by atoms with E-state index in [2.05, 4.69) is 25.6 Å². The first-order valence-corrected chi connectivity index (χ1v) is 9.45. The standard InChI is InChI=1S/C11H19N5O3S2.ClH/c1-21(18,19)16-11-15-14-10(20-11)13-9(17)3-2-8-4-6-12-7-5-8;/h8,12H,2-7H2,1H3,(H,15,16)(H,13,14,17);1H. The van der Waals surface area contributed by atoms with Gasteiger partial charge in [-0.25, -0.2) is 8.42 Å². The topological polar surface area (TPSA) is 113 Å². The molecule has 1 aromatic heterocycles. The van der Waals surface area contributed by atoms with Crippen molar-refractivity contribution in [3.63, 3.8) is 0 Å². The van der Waals surface area contributed by atoms with Crippen LogP contribution in [0.2, 0.25) is 0 Å². The van der Waals surface area contributed by atoms with Gasteiger partial charge >= 0.3 is 0 Å². The number of rotatable bonds is 6. The van der Waals surface area contributed by atoms with Crippen LogP contribution in [0.1, 0.15) is 25.7 Å². The molecule has 1 aromatic rings. The third kappa shape index (κ3) is 6.86. The third-order valence-corrected chi connectivity index (χ3v) is 4.63. The van der Waals surface area contributed by atoms with Gasteiger partial charge in [0.05, 0.1) is 6.26 Å². The fourth-order valence-corrected chi connectivity index (χ4v) is 3.65. The molecular weight excluding hydrogens is 350 g/mol. The van der Waals surface area contributed by atoms with Crippen molar-refractivity contribution in [2.45, 2.75) is 25.7 Å². The van der Waals surface area contributed by atoms with E-state index in [0.717, 1.165) is 49.9 Å². The van der Waals surface area contributed by atoms with Gasteiger partial charge in [-0.3, -0.25) is 9.52 Å². The molecule has 0 aliphatic carbocycles. The van der Waals surface area contributed by atoms with E-state index in [4.69, 9.17) is 0 Å². The normalized spacial score (nSPS) is 15.9. The van der Waals surface area contributed by atoms with Gasteiger partial charge in [0.1, 0.15) is 0 Å². The minimum Gasteiger partial charge on any atom is -0.317 e. The summed E-state index contributed by atoms with van der Waals surface area (Å²) in [5.41, 5.74) is 0. The second-order valence-corrected chi connectivity index (χ2v) is 7.79. The summed E-state index contributed by atoms with van der Waals surface area (Å²) in [4.78, 5) is 11.8. The maximum absolute atomic E-state index is 11.8. The number of hydrogen-bond donors (Lipinski definition) is 3. The molecule has 3 N–H and O–H groups in total. The number of hydrogen-bond acceptors (Lipinski definition) is 7. The first-order valence-electron chi connectivity index (χ1n) is 6.74. The number of carbonyl (C=O) groups is 1. The van der Waals surface area contributed by atoms with Gasteiger partial charge < -0.3 is 10.6 Å². The fourth-order valence-electron chi connectivity index (χ4n) is 2.16. The predicted octanol–water partition coefficient (Wildman–Crippen LogP) is 1.05. The zero-order valence-electron chi connectivity index (χ0n) is 12.2. The van der Waals surface area contributed by atoms with Gasteiger partial charge in [0.15, 0.2) is 0 Å². The molecule has 1 amide bonds. The fraction of sp³-hybridized carbons (Fsp3) is 0.727. The number of anilines is 2. The molecule has 0 unspecified atom stereocenters. The number of aromatic nitrogens is 2. The highest BCUT2D eigenvalue weighted by Crippen LogP contribution is 2.22. The Morgan fingerprint density at radius 3 is 2.59 bits per heavy atom. The average Bonchev–Trinajstić information content (AvgIpc) is 2.82. The highest BCUT2D eigenvalue weighted by molar-refractivity contribution is 7.92. The van der Waals surface area contributed by atoms with E-state index < -0.39 is 10.0 Å². The summed E-state index contributed by atoms with van der Waals surface area (Å²) in [6.07, 6.45) is 4.55. The number of amides is 1. The lowest BCUT2D eigenvalue weighted by molar-refractivity contribution is -0.116. The smallest absolute Gasteiger partial charge is 0.231 e. The summed E-state index contributed by atoms with van der Waals surface area (Å²) in [7, 11) is -3.38. The Kier molecular flexibility index (Phi) is 7.46. The quantitative estimate of drug-likeness (QED) is 0.690. The Balaban J connectivity index is 0.00000242. The lowest BCUT2D eigenvalue weighted by Crippen LogP contribution is -2.28. The van der Waals surface area contributed by atoms with Crippen LogP contribution in [0.5, 0.6) is 0 Å². The molecule has 0 bridgehead atoms. The molecule has 22 heavy (non-hydrogen) atoms. The van der Waals surface area contributed by atoms with Crippen molar-refractivity contribution in [3.8, 4) is 0 Å². The van der Waals surface area contributed by atoms with E-state index in [1.807, 2.05) is 0 Å². The zero-order valence-corrected chi connectivity index (χ0v) is 14.6. The van der Waals surface area contributed by atoms with Crippen LogP contribution in [-0.2, 0) is 14.8 Å². The van der Waals surface area contributed by atoms with E-state index in [-0.39, 0.29) is 23.4 Å². The summed E-state index contributed by atoms with van der Waals surface area (Å²) in [6.45, 7) is 2.03. The molecule has 2 rings (SSSR count). The van der Waals surface area contributed by atoms with Crippen LogP contribution in [0, 0.1) is 5.92 Å². The van der Waals surface area contributed by atoms with Crippen molar-refractivity contribution in [1.29, 1.82) is 0 Å². The number of carbonyl (C=O) groups excluding carboxylic acids is 1. The van der Waals surface area contributed by atoms with E-state index in [1.54, 1.807) is 0 Å². The Bertz CT molecular complexity index is 586. The minimum absolute atomic E-state index is 0. The highest BCUT2D eigenvalue weighted by Gasteiger charge is 2.15. The average molecular weight is 370 g/mol. The molecular formula is C11H20ClN5O3S2. The van der Waals surface area contributed by atoms with Crippen LogP contribution >= 0.6 is 23.7 Å². The van der Waals surface area contributed by atoms with Crippen LogP contribution < -0.4 is 15.4 Å². The van der Waals surface area contributed by atoms with Crippen molar-refractivity contribution in [3.05, 3.63) is 0 Å². The monoisotopic (exact) mass is 369 g/mol. The van der Waals surface area contributed by atoms with Crippen LogP contribution in [-0.4, -0.2) is 43.9 Å². The van der Waals surface area contributed by atoms with E-state index in [0.29, 0.717) is 17.5 Å². The van der Waals surface area contributed by atoms with Crippen molar-refractivity contribution >= 4 is 49.9 Å². The Labute approximate surface area is 139 Å². The third-order valence-electron chi connectivity index (χ3n) is 3.18. The molecule has 1 fully saturated rings. The summed E-state index contributed by atoms with van der Waals surface area (Å²) in [6, 6.07) is 0. The Morgan fingerprint density at radius 2 is 1.95 bits per heavy atom. The minimum atomic E-state index is -3.38. The Hall–Kier alpha value is -0.970. The van der Waals surface area contributed by atoms with Gasteiger partial charge in [0, 0.05) is 6.42 Å². The highest BCUT2D eigenvalue weighted by atomic mass is 35.5. The molecule has 1 aliphatic heterocycles. The van der Waals surface area contributed by atoms with Crippen molar-refractivity contribution in [1.82, 2.24) is 15.5 Å². The molecule has 126 valence electrons. The molecule has 0 aromatic carbocycles. The van der Waals surface area contributed by atoms with Crippen molar-refractivity contribution in [2.24, 2.45) is 5.92 Å². The molecule has 1 aliphatic rings. The summed E-state index contributed by atoms with van der Waals surface area (Å²) in [5.74, 6) is 0.476. The van der Waals surface area contributed by atoms with Crippen LogP contribution in [0.25, 0.3) is 0 Å². The summed E-state index contributed by atoms with van der Waals surface area (Å²) in [5, 5.41) is 13.8. The second-order valence-electron chi connectivity index (χ2n) is 5.07. The molecule has 11 heteroatoms. The maximum atomic E-state index is 11.8. The maximum Gasteiger partial charge on any atom is 0.231 e. The Morgan fingerprint density at radius 1 is 1.32 bits per heavy atom. The SMILES string of the molecule is CS(=O)(=O)Nc1nnc(NC(=O)CCC2CCNCC2)s1.Cl. The van der Waals surface area contributed by atoms with E-state index in [1.165, 1.54) is 0 Å². The molecule has 0 saturated carbocycles. The van der Waals surface area contributed by atoms with Crippen LogP contribution in [0.15, 0.2) is 0 Å². The molecule has 0 atom stereocenters. The lowest BCUT2D eigenvalue weighted by Gasteiger charge is -2.21. The number of sulfonamides is 1. The van der Waals surface area contributed by atoms with Gasteiger partial charge in [-0.15, -0.1) is 22.6 Å². The number of halogens is 1. The number of nitrogens with one attached hydrogen (secondary N) is 3. The van der Waals surface area contributed by atoms with Gasteiger partial charge in [0.25, 0.3) is 0 Å².